The molecule has 1 aromatic heterocycles. The van der Waals surface area contributed by atoms with E-state index in [-0.39, 0.29) is 18.2 Å². The maximum atomic E-state index is 13.8. The van der Waals surface area contributed by atoms with Crippen molar-refractivity contribution in [3.63, 3.8) is 0 Å². The number of aromatic nitrogens is 2. The molecular formula is C21H20F2N4O2. The summed E-state index contributed by atoms with van der Waals surface area (Å²) in [5, 5.41) is 4.20. The topological polar surface area (TPSA) is 59.7 Å². The number of benzene rings is 2. The lowest BCUT2D eigenvalue weighted by Crippen LogP contribution is -2.26. The van der Waals surface area contributed by atoms with Gasteiger partial charge in [0.2, 0.25) is 6.10 Å². The lowest BCUT2D eigenvalue weighted by Gasteiger charge is -2.12. The third kappa shape index (κ3) is 3.83. The molecule has 1 saturated heterocycles. The third-order valence-electron chi connectivity index (χ3n) is 4.97. The Morgan fingerprint density at radius 1 is 1.21 bits per heavy atom. The molecule has 0 radical (unpaired) electrons. The molecule has 150 valence electrons. The molecule has 1 unspecified atom stereocenters. The summed E-state index contributed by atoms with van der Waals surface area (Å²) in [6.07, 6.45) is -0.0800. The fourth-order valence-electron chi connectivity index (χ4n) is 3.42. The molecule has 1 amide bonds. The average Bonchev–Trinajstić information content (AvgIpc) is 3.25. The summed E-state index contributed by atoms with van der Waals surface area (Å²) in [6.45, 7) is -2.14. The molecule has 8 heteroatoms. The van der Waals surface area contributed by atoms with E-state index in [0.717, 1.165) is 10.1 Å². The molecule has 1 aliphatic heterocycles. The fraction of sp³-hybridized carbons (Fsp3) is 0.286. The first-order valence-corrected chi connectivity index (χ1v) is 9.31. The van der Waals surface area contributed by atoms with Crippen LogP contribution < -0.4 is 0 Å². The number of rotatable bonds is 6. The maximum absolute atomic E-state index is 13.8. The summed E-state index contributed by atoms with van der Waals surface area (Å²) in [5.41, 5.74) is 2.01. The summed E-state index contributed by atoms with van der Waals surface area (Å²) >= 11 is 0. The quantitative estimate of drug-likeness (QED) is 0.471. The predicted octanol–water partition coefficient (Wildman–Crippen LogP) is 3.63. The van der Waals surface area contributed by atoms with E-state index >= 15 is 0 Å². The lowest BCUT2D eigenvalue weighted by molar-refractivity contribution is -0.136. The molecule has 0 saturated carbocycles. The van der Waals surface area contributed by atoms with Crippen molar-refractivity contribution in [1.29, 1.82) is 0 Å². The van der Waals surface area contributed by atoms with Crippen LogP contribution >= 0.6 is 0 Å². The van der Waals surface area contributed by atoms with Gasteiger partial charge in [-0.05, 0) is 17.7 Å². The molecule has 2 aromatic carbocycles. The van der Waals surface area contributed by atoms with Crippen LogP contribution in [0.1, 0.15) is 24.4 Å². The number of alkyl halides is 2. The van der Waals surface area contributed by atoms with Gasteiger partial charge >= 0.3 is 6.55 Å². The largest absolute Gasteiger partial charge is 0.382 e. The maximum Gasteiger partial charge on any atom is 0.320 e. The van der Waals surface area contributed by atoms with Gasteiger partial charge in [0.05, 0.1) is 23.2 Å². The van der Waals surface area contributed by atoms with Gasteiger partial charge < -0.3 is 9.74 Å². The average molecular weight is 398 g/mol. The summed E-state index contributed by atoms with van der Waals surface area (Å²) in [7, 11) is 1.71. The van der Waals surface area contributed by atoms with Crippen molar-refractivity contribution in [3.8, 4) is 0 Å². The van der Waals surface area contributed by atoms with Crippen molar-refractivity contribution in [2.75, 3.05) is 13.6 Å². The van der Waals surface area contributed by atoms with Gasteiger partial charge in [0.15, 0.2) is 0 Å². The molecule has 0 aliphatic carbocycles. The summed E-state index contributed by atoms with van der Waals surface area (Å²) in [4.78, 5) is 23.6. The Balaban J connectivity index is 1.69. The van der Waals surface area contributed by atoms with Crippen LogP contribution in [0.3, 0.4) is 0 Å². The molecule has 0 N–H and O–H groups in total. The number of carbonyl (C=O) groups is 1. The van der Waals surface area contributed by atoms with Crippen LogP contribution in [0.15, 0.2) is 59.8 Å². The van der Waals surface area contributed by atoms with Gasteiger partial charge in [-0.1, -0.05) is 47.6 Å². The van der Waals surface area contributed by atoms with E-state index in [2.05, 4.69) is 10.1 Å². The van der Waals surface area contributed by atoms with Crippen LogP contribution in [0.25, 0.3) is 11.0 Å². The second-order valence-electron chi connectivity index (χ2n) is 6.89. The smallest absolute Gasteiger partial charge is 0.320 e. The van der Waals surface area contributed by atoms with Crippen molar-refractivity contribution >= 4 is 22.7 Å². The Hall–Kier alpha value is -3.29. The Morgan fingerprint density at radius 3 is 2.62 bits per heavy atom. The molecule has 2 heterocycles. The van der Waals surface area contributed by atoms with E-state index in [9.17, 15) is 13.6 Å². The second-order valence-corrected chi connectivity index (χ2v) is 6.89. The van der Waals surface area contributed by atoms with Gasteiger partial charge in [-0.3, -0.25) is 9.36 Å². The minimum absolute atomic E-state index is 0.0415. The van der Waals surface area contributed by atoms with E-state index in [4.69, 9.17) is 4.84 Å². The molecule has 4 rings (SSSR count). The number of likely N-dealkylation sites (tertiary alicyclic amines) is 1. The van der Waals surface area contributed by atoms with Crippen molar-refractivity contribution in [3.05, 3.63) is 66.0 Å². The molecule has 3 aromatic rings. The van der Waals surface area contributed by atoms with Crippen molar-refractivity contribution in [1.82, 2.24) is 14.5 Å². The van der Waals surface area contributed by atoms with Gasteiger partial charge in [0.1, 0.15) is 5.82 Å². The second kappa shape index (κ2) is 7.98. The van der Waals surface area contributed by atoms with E-state index in [1.54, 1.807) is 36.2 Å². The van der Waals surface area contributed by atoms with E-state index in [1.165, 1.54) is 0 Å². The number of amides is 1. The molecular weight excluding hydrogens is 378 g/mol. The number of imidazole rings is 1. The van der Waals surface area contributed by atoms with Gasteiger partial charge in [-0.15, -0.1) is 0 Å². The highest BCUT2D eigenvalue weighted by Gasteiger charge is 2.31. The Morgan fingerprint density at radius 2 is 1.93 bits per heavy atom. The number of fused-ring (bicyclic) bond motifs is 1. The zero-order valence-corrected chi connectivity index (χ0v) is 15.8. The predicted molar refractivity (Wildman–Crippen MR) is 105 cm³/mol. The van der Waals surface area contributed by atoms with Crippen molar-refractivity contribution < 1.29 is 18.4 Å². The Bertz CT molecular complexity index is 1050. The lowest BCUT2D eigenvalue weighted by atomic mass is 10.1. The van der Waals surface area contributed by atoms with E-state index < -0.39 is 12.7 Å². The normalized spacial score (nSPS) is 17.5. The first-order chi connectivity index (χ1) is 14.0. The van der Waals surface area contributed by atoms with Crippen LogP contribution in [-0.4, -0.2) is 45.8 Å². The van der Waals surface area contributed by atoms with Gasteiger partial charge in [0, 0.05) is 20.0 Å². The van der Waals surface area contributed by atoms with Crippen LogP contribution in [0.2, 0.25) is 0 Å². The van der Waals surface area contributed by atoms with Gasteiger partial charge in [0.25, 0.3) is 5.91 Å². The third-order valence-corrected chi connectivity index (χ3v) is 4.97. The van der Waals surface area contributed by atoms with Crippen LogP contribution in [0.5, 0.6) is 0 Å². The summed E-state index contributed by atoms with van der Waals surface area (Å²) in [6, 6.07) is 15.9. The number of likely N-dealkylation sites (N-methyl/N-ethyl adjacent to an activating group) is 1. The zero-order valence-electron chi connectivity index (χ0n) is 15.8. The Kier molecular flexibility index (Phi) is 5.24. The highest BCUT2D eigenvalue weighted by Crippen LogP contribution is 2.24. The SMILES string of the molecule is CN1CCC(O/N=C(/Cc2nc3ccccc3n2C(F)F)c2ccccc2)C1=O. The number of hydrogen-bond donors (Lipinski definition) is 0. The highest BCUT2D eigenvalue weighted by molar-refractivity contribution is 6.01. The zero-order chi connectivity index (χ0) is 20.4. The summed E-state index contributed by atoms with van der Waals surface area (Å²) in [5.74, 6) is 0.0447. The minimum atomic E-state index is -2.74. The Labute approximate surface area is 166 Å². The van der Waals surface area contributed by atoms with Crippen LogP contribution in [-0.2, 0) is 16.1 Å². The van der Waals surface area contributed by atoms with Crippen LogP contribution in [0, 0.1) is 0 Å². The molecule has 0 bridgehead atoms. The number of oxime groups is 1. The monoisotopic (exact) mass is 398 g/mol. The number of nitrogens with zero attached hydrogens (tertiary/aromatic N) is 4. The molecule has 1 aliphatic rings. The first kappa shape index (κ1) is 19.0. The summed E-state index contributed by atoms with van der Waals surface area (Å²) < 4.78 is 28.4. The van der Waals surface area contributed by atoms with E-state index in [0.29, 0.717) is 29.7 Å². The van der Waals surface area contributed by atoms with Gasteiger partial charge in [-0.25, -0.2) is 4.98 Å². The molecule has 0 spiro atoms. The number of carbonyl (C=O) groups excluding carboxylic acids is 1. The minimum Gasteiger partial charge on any atom is -0.382 e. The molecule has 1 fully saturated rings. The first-order valence-electron chi connectivity index (χ1n) is 9.31. The number of hydrogen-bond acceptors (Lipinski definition) is 4. The van der Waals surface area contributed by atoms with Crippen molar-refractivity contribution in [2.45, 2.75) is 25.5 Å². The van der Waals surface area contributed by atoms with Gasteiger partial charge in [-0.2, -0.15) is 8.78 Å². The molecule has 29 heavy (non-hydrogen) atoms. The highest BCUT2D eigenvalue weighted by atomic mass is 19.3. The fourth-order valence-corrected chi connectivity index (χ4v) is 3.42. The number of para-hydroxylation sites is 2. The van der Waals surface area contributed by atoms with Crippen LogP contribution in [0.4, 0.5) is 8.78 Å². The number of halogens is 2. The molecule has 6 nitrogen and oxygen atoms in total. The van der Waals surface area contributed by atoms with E-state index in [1.807, 2.05) is 30.3 Å². The standard InChI is InChI=1S/C21H20F2N4O2/c1-26-12-11-18(20(26)28)29-25-16(14-7-3-2-4-8-14)13-19-24-15-9-5-6-10-17(15)27(19)21(22)23/h2-10,18,21H,11-13H2,1H3/b25-16-. The molecule has 1 atom stereocenters. The van der Waals surface area contributed by atoms with Crippen molar-refractivity contribution in [2.24, 2.45) is 5.16 Å².